The first-order chi connectivity index (χ1) is 12.6. The Kier molecular flexibility index (Phi) is 6.12. The minimum Gasteiger partial charge on any atom is -0.466 e. The SMILES string of the molecule is CCOC(=O)[C@H]1[C@H](C(=O)Nc2cccc(C(F)(F)F)c2)[C@@H]1C(=O)NC(C)C. The molecule has 2 rings (SSSR count). The van der Waals surface area contributed by atoms with Crippen LogP contribution in [0.1, 0.15) is 26.3 Å². The Morgan fingerprint density at radius 3 is 2.30 bits per heavy atom. The molecule has 1 saturated carbocycles. The summed E-state index contributed by atoms with van der Waals surface area (Å²) in [6.45, 7) is 5.16. The number of esters is 1. The molecule has 1 aliphatic rings. The van der Waals surface area contributed by atoms with Crippen LogP contribution in [-0.2, 0) is 25.3 Å². The average molecular weight is 386 g/mol. The number of rotatable bonds is 6. The fourth-order valence-corrected chi connectivity index (χ4v) is 2.87. The number of anilines is 1. The molecule has 2 amide bonds. The number of ether oxygens (including phenoxy) is 1. The summed E-state index contributed by atoms with van der Waals surface area (Å²) in [5.74, 6) is -4.68. The summed E-state index contributed by atoms with van der Waals surface area (Å²) in [6, 6.07) is 3.96. The van der Waals surface area contributed by atoms with Crippen molar-refractivity contribution in [1.29, 1.82) is 0 Å². The van der Waals surface area contributed by atoms with Gasteiger partial charge in [-0.2, -0.15) is 13.2 Å². The van der Waals surface area contributed by atoms with Crippen LogP contribution in [0.2, 0.25) is 0 Å². The quantitative estimate of drug-likeness (QED) is 0.736. The Morgan fingerprint density at radius 2 is 1.74 bits per heavy atom. The molecule has 0 saturated heterocycles. The highest BCUT2D eigenvalue weighted by atomic mass is 19.4. The van der Waals surface area contributed by atoms with Gasteiger partial charge in [0, 0.05) is 11.7 Å². The van der Waals surface area contributed by atoms with E-state index in [9.17, 15) is 27.6 Å². The maximum atomic E-state index is 12.8. The number of hydrogen-bond donors (Lipinski definition) is 2. The Hall–Kier alpha value is -2.58. The van der Waals surface area contributed by atoms with E-state index in [0.717, 1.165) is 18.2 Å². The third-order valence-corrected chi connectivity index (χ3v) is 4.07. The summed E-state index contributed by atoms with van der Waals surface area (Å²) >= 11 is 0. The van der Waals surface area contributed by atoms with Gasteiger partial charge in [0.2, 0.25) is 11.8 Å². The van der Waals surface area contributed by atoms with Crippen LogP contribution in [0, 0.1) is 17.8 Å². The molecule has 0 aliphatic heterocycles. The van der Waals surface area contributed by atoms with E-state index in [1.54, 1.807) is 20.8 Å². The molecule has 1 fully saturated rings. The predicted octanol–water partition coefficient (Wildman–Crippen LogP) is 2.59. The van der Waals surface area contributed by atoms with Crippen molar-refractivity contribution in [2.75, 3.05) is 11.9 Å². The second-order valence-electron chi connectivity index (χ2n) is 6.56. The Balaban J connectivity index is 2.15. The van der Waals surface area contributed by atoms with E-state index < -0.39 is 47.3 Å². The van der Waals surface area contributed by atoms with Crippen molar-refractivity contribution < 1.29 is 32.3 Å². The van der Waals surface area contributed by atoms with Crippen LogP contribution in [0.15, 0.2) is 24.3 Å². The van der Waals surface area contributed by atoms with Crippen LogP contribution in [0.4, 0.5) is 18.9 Å². The Bertz CT molecular complexity index is 734. The molecule has 2 N–H and O–H groups in total. The lowest BCUT2D eigenvalue weighted by atomic mass is 10.2. The first-order valence-corrected chi connectivity index (χ1v) is 8.51. The summed E-state index contributed by atoms with van der Waals surface area (Å²) in [7, 11) is 0. The minimum atomic E-state index is -4.55. The largest absolute Gasteiger partial charge is 0.466 e. The van der Waals surface area contributed by atoms with Crippen molar-refractivity contribution in [2.24, 2.45) is 17.8 Å². The zero-order valence-corrected chi connectivity index (χ0v) is 15.1. The summed E-state index contributed by atoms with van der Waals surface area (Å²) in [6.07, 6.45) is -4.55. The summed E-state index contributed by atoms with van der Waals surface area (Å²) in [4.78, 5) is 36.7. The normalized spacial score (nSPS) is 21.5. The van der Waals surface area contributed by atoms with Crippen LogP contribution in [0.3, 0.4) is 0 Å². The maximum Gasteiger partial charge on any atom is 0.416 e. The number of hydrogen-bond acceptors (Lipinski definition) is 4. The third kappa shape index (κ3) is 4.99. The lowest BCUT2D eigenvalue weighted by molar-refractivity contribution is -0.146. The Morgan fingerprint density at radius 1 is 1.11 bits per heavy atom. The van der Waals surface area contributed by atoms with Gasteiger partial charge in [-0.05, 0) is 39.0 Å². The molecule has 0 spiro atoms. The summed E-state index contributed by atoms with van der Waals surface area (Å²) in [5.41, 5.74) is -0.973. The highest BCUT2D eigenvalue weighted by Gasteiger charge is 2.63. The third-order valence-electron chi connectivity index (χ3n) is 4.07. The molecule has 0 heterocycles. The van der Waals surface area contributed by atoms with E-state index in [0.29, 0.717) is 0 Å². The second-order valence-corrected chi connectivity index (χ2v) is 6.56. The first kappa shape index (κ1) is 20.7. The zero-order valence-electron chi connectivity index (χ0n) is 15.1. The lowest BCUT2D eigenvalue weighted by Crippen LogP contribution is -2.33. The van der Waals surface area contributed by atoms with Gasteiger partial charge in [0.15, 0.2) is 0 Å². The molecule has 148 valence electrons. The molecule has 6 nitrogen and oxygen atoms in total. The van der Waals surface area contributed by atoms with Crippen LogP contribution in [-0.4, -0.2) is 30.4 Å². The standard InChI is InChI=1S/C18H21F3N2O4/c1-4-27-17(26)14-12(15(24)22-9(2)3)13(14)16(25)23-11-7-5-6-10(8-11)18(19,20)21/h5-9,12-14H,4H2,1-3H3,(H,22,24)(H,23,25)/t12-,13+,14+/m0/s1. The van der Waals surface area contributed by atoms with Gasteiger partial charge in [-0.15, -0.1) is 0 Å². The first-order valence-electron chi connectivity index (χ1n) is 8.51. The van der Waals surface area contributed by atoms with Gasteiger partial charge in [0.25, 0.3) is 0 Å². The van der Waals surface area contributed by atoms with E-state index in [1.807, 2.05) is 0 Å². The van der Waals surface area contributed by atoms with Gasteiger partial charge in [0.05, 0.1) is 29.9 Å². The van der Waals surface area contributed by atoms with Gasteiger partial charge < -0.3 is 15.4 Å². The van der Waals surface area contributed by atoms with Crippen molar-refractivity contribution in [3.8, 4) is 0 Å². The van der Waals surface area contributed by atoms with Gasteiger partial charge in [0.1, 0.15) is 0 Å². The molecule has 3 atom stereocenters. The lowest BCUT2D eigenvalue weighted by Gasteiger charge is -2.10. The Labute approximate surface area is 154 Å². The monoisotopic (exact) mass is 386 g/mol. The fourth-order valence-electron chi connectivity index (χ4n) is 2.87. The molecule has 1 aromatic carbocycles. The molecule has 0 aromatic heterocycles. The van der Waals surface area contributed by atoms with Gasteiger partial charge >= 0.3 is 12.1 Å². The highest BCUT2D eigenvalue weighted by molar-refractivity contribution is 6.05. The molecular weight excluding hydrogens is 365 g/mol. The smallest absolute Gasteiger partial charge is 0.416 e. The van der Waals surface area contributed by atoms with Crippen molar-refractivity contribution in [3.05, 3.63) is 29.8 Å². The van der Waals surface area contributed by atoms with Crippen molar-refractivity contribution in [1.82, 2.24) is 5.32 Å². The number of carbonyl (C=O) groups is 3. The maximum absolute atomic E-state index is 12.8. The molecule has 27 heavy (non-hydrogen) atoms. The van der Waals surface area contributed by atoms with E-state index in [4.69, 9.17) is 4.74 Å². The molecule has 0 radical (unpaired) electrons. The molecular formula is C18H21F3N2O4. The van der Waals surface area contributed by atoms with Crippen molar-refractivity contribution in [3.63, 3.8) is 0 Å². The number of alkyl halides is 3. The number of carbonyl (C=O) groups excluding carboxylic acids is 3. The van der Waals surface area contributed by atoms with E-state index in [1.165, 1.54) is 6.07 Å². The van der Waals surface area contributed by atoms with Crippen molar-refractivity contribution >= 4 is 23.5 Å². The molecule has 0 unspecified atom stereocenters. The van der Waals surface area contributed by atoms with Crippen LogP contribution in [0.5, 0.6) is 0 Å². The summed E-state index contributed by atoms with van der Waals surface area (Å²) in [5, 5.41) is 4.99. The molecule has 1 aromatic rings. The van der Waals surface area contributed by atoms with Crippen LogP contribution < -0.4 is 10.6 Å². The zero-order chi connectivity index (χ0) is 20.4. The van der Waals surface area contributed by atoms with Crippen LogP contribution >= 0.6 is 0 Å². The van der Waals surface area contributed by atoms with Crippen molar-refractivity contribution in [2.45, 2.75) is 33.0 Å². The minimum absolute atomic E-state index is 0.0626. The number of halogens is 3. The van der Waals surface area contributed by atoms with E-state index in [2.05, 4.69) is 10.6 Å². The second kappa shape index (κ2) is 7.98. The molecule has 9 heteroatoms. The number of nitrogens with one attached hydrogen (secondary N) is 2. The highest BCUT2D eigenvalue weighted by Crippen LogP contribution is 2.48. The van der Waals surface area contributed by atoms with E-state index >= 15 is 0 Å². The summed E-state index contributed by atoms with van der Waals surface area (Å²) < 4.78 is 43.3. The van der Waals surface area contributed by atoms with E-state index in [-0.39, 0.29) is 18.3 Å². The van der Waals surface area contributed by atoms with Crippen LogP contribution in [0.25, 0.3) is 0 Å². The number of benzene rings is 1. The molecule has 0 bridgehead atoms. The topological polar surface area (TPSA) is 84.5 Å². The number of amides is 2. The van der Waals surface area contributed by atoms with Gasteiger partial charge in [-0.25, -0.2) is 0 Å². The average Bonchev–Trinajstić information content (AvgIpc) is 3.30. The van der Waals surface area contributed by atoms with Gasteiger partial charge in [-0.3, -0.25) is 14.4 Å². The fraction of sp³-hybridized carbons (Fsp3) is 0.500. The molecule has 1 aliphatic carbocycles. The predicted molar refractivity (Wildman–Crippen MR) is 90.5 cm³/mol. The van der Waals surface area contributed by atoms with Gasteiger partial charge in [-0.1, -0.05) is 6.07 Å².